The van der Waals surface area contributed by atoms with Gasteiger partial charge >= 0.3 is 0 Å². The Labute approximate surface area is 123 Å². The second-order valence-corrected chi connectivity index (χ2v) is 6.05. The molecule has 0 aliphatic heterocycles. The number of para-hydroxylation sites is 1. The van der Waals surface area contributed by atoms with E-state index in [1.807, 2.05) is 30.3 Å². The lowest BCUT2D eigenvalue weighted by Crippen LogP contribution is -2.07. The maximum atomic E-state index is 10.4. The van der Waals surface area contributed by atoms with E-state index in [1.165, 1.54) is 0 Å². The highest BCUT2D eigenvalue weighted by Gasteiger charge is 2.17. The summed E-state index contributed by atoms with van der Waals surface area (Å²) < 4.78 is 0.891. The molecule has 0 radical (unpaired) electrons. The summed E-state index contributed by atoms with van der Waals surface area (Å²) >= 11 is 3.52. The number of halogens is 1. The van der Waals surface area contributed by atoms with Crippen LogP contribution >= 0.6 is 15.9 Å². The minimum Gasteiger partial charge on any atom is -0.387 e. The van der Waals surface area contributed by atoms with Crippen LogP contribution in [-0.2, 0) is 0 Å². The van der Waals surface area contributed by atoms with Gasteiger partial charge in [-0.25, -0.2) is 4.98 Å². The van der Waals surface area contributed by atoms with E-state index in [9.17, 15) is 5.11 Å². The Morgan fingerprint density at radius 1 is 1.32 bits per heavy atom. The molecule has 2 aromatic rings. The molecule has 0 saturated carbocycles. The number of hydrogen-bond acceptors (Lipinski definition) is 2. The first-order valence-electron chi connectivity index (χ1n) is 6.85. The van der Waals surface area contributed by atoms with E-state index in [1.54, 1.807) is 0 Å². The van der Waals surface area contributed by atoms with Crippen LogP contribution in [0, 0.1) is 5.92 Å². The summed E-state index contributed by atoms with van der Waals surface area (Å²) in [7, 11) is 0. The van der Waals surface area contributed by atoms with Crippen LogP contribution in [0.4, 0.5) is 0 Å². The zero-order valence-electron chi connectivity index (χ0n) is 11.4. The SMILES string of the molecule is CCCC(C)CC(O)c1nc2ccccc2cc1Br. The fourth-order valence-electron chi connectivity index (χ4n) is 2.44. The zero-order valence-corrected chi connectivity index (χ0v) is 13.0. The molecule has 2 rings (SSSR count). The summed E-state index contributed by atoms with van der Waals surface area (Å²) in [5.74, 6) is 0.514. The van der Waals surface area contributed by atoms with E-state index in [2.05, 4.69) is 34.8 Å². The monoisotopic (exact) mass is 321 g/mol. The summed E-state index contributed by atoms with van der Waals surface area (Å²) in [6.45, 7) is 4.36. The van der Waals surface area contributed by atoms with E-state index < -0.39 is 6.10 Å². The van der Waals surface area contributed by atoms with Crippen molar-refractivity contribution in [2.75, 3.05) is 0 Å². The number of nitrogens with zero attached hydrogens (tertiary/aromatic N) is 1. The van der Waals surface area contributed by atoms with Crippen LogP contribution in [0.25, 0.3) is 10.9 Å². The quantitative estimate of drug-likeness (QED) is 0.853. The number of rotatable bonds is 5. The molecule has 0 amide bonds. The van der Waals surface area contributed by atoms with Crippen LogP contribution < -0.4 is 0 Å². The van der Waals surface area contributed by atoms with Gasteiger partial charge < -0.3 is 5.11 Å². The van der Waals surface area contributed by atoms with Gasteiger partial charge in [0.2, 0.25) is 0 Å². The highest BCUT2D eigenvalue weighted by molar-refractivity contribution is 9.10. The van der Waals surface area contributed by atoms with Gasteiger partial charge in [0.15, 0.2) is 0 Å². The highest BCUT2D eigenvalue weighted by atomic mass is 79.9. The molecule has 0 bridgehead atoms. The topological polar surface area (TPSA) is 33.1 Å². The minimum absolute atomic E-state index is 0.500. The van der Waals surface area contributed by atoms with Crippen molar-refractivity contribution < 1.29 is 5.11 Å². The third kappa shape index (κ3) is 3.54. The van der Waals surface area contributed by atoms with Crippen molar-refractivity contribution >= 4 is 26.8 Å². The van der Waals surface area contributed by atoms with Crippen molar-refractivity contribution in [3.63, 3.8) is 0 Å². The van der Waals surface area contributed by atoms with Gasteiger partial charge in [0.05, 0.1) is 17.3 Å². The molecule has 3 heteroatoms. The molecule has 1 aromatic carbocycles. The second kappa shape index (κ2) is 6.49. The number of aliphatic hydroxyl groups is 1. The van der Waals surface area contributed by atoms with Crippen LogP contribution in [0.3, 0.4) is 0 Å². The van der Waals surface area contributed by atoms with Crippen LogP contribution in [0.2, 0.25) is 0 Å². The molecule has 19 heavy (non-hydrogen) atoms. The largest absolute Gasteiger partial charge is 0.387 e. The van der Waals surface area contributed by atoms with Crippen molar-refractivity contribution in [3.8, 4) is 0 Å². The molecule has 1 aromatic heterocycles. The Hall–Kier alpha value is -0.930. The number of fused-ring (bicyclic) bond motifs is 1. The molecule has 0 saturated heterocycles. The maximum absolute atomic E-state index is 10.4. The Kier molecular flexibility index (Phi) is 4.94. The summed E-state index contributed by atoms with van der Waals surface area (Å²) in [4.78, 5) is 4.59. The summed E-state index contributed by atoms with van der Waals surface area (Å²) in [5.41, 5.74) is 1.68. The van der Waals surface area contributed by atoms with E-state index in [-0.39, 0.29) is 0 Å². The molecular weight excluding hydrogens is 302 g/mol. The molecule has 2 unspecified atom stereocenters. The first kappa shape index (κ1) is 14.5. The van der Waals surface area contributed by atoms with Gasteiger partial charge in [-0.15, -0.1) is 0 Å². The number of aromatic nitrogens is 1. The third-order valence-electron chi connectivity index (χ3n) is 3.43. The summed E-state index contributed by atoms with van der Waals surface area (Å²) in [5, 5.41) is 11.5. The standard InChI is InChI=1S/C16H20BrNO/c1-3-6-11(2)9-15(19)16-13(17)10-12-7-4-5-8-14(12)18-16/h4-5,7-8,10-11,15,19H,3,6,9H2,1-2H3. The summed E-state index contributed by atoms with van der Waals surface area (Å²) in [6.07, 6.45) is 2.56. The van der Waals surface area contributed by atoms with Gasteiger partial charge in [-0.1, -0.05) is 44.9 Å². The molecule has 0 fully saturated rings. The predicted octanol–water partition coefficient (Wildman–Crippen LogP) is 4.86. The van der Waals surface area contributed by atoms with E-state index in [4.69, 9.17) is 0 Å². The Morgan fingerprint density at radius 2 is 2.05 bits per heavy atom. The van der Waals surface area contributed by atoms with Gasteiger partial charge in [-0.3, -0.25) is 0 Å². The maximum Gasteiger partial charge on any atom is 0.0974 e. The van der Waals surface area contributed by atoms with E-state index in [0.29, 0.717) is 5.92 Å². The van der Waals surface area contributed by atoms with Crippen LogP contribution in [0.15, 0.2) is 34.8 Å². The lowest BCUT2D eigenvalue weighted by Gasteiger charge is -2.17. The van der Waals surface area contributed by atoms with Gasteiger partial charge in [-0.05, 0) is 40.4 Å². The average molecular weight is 322 g/mol. The minimum atomic E-state index is -0.500. The van der Waals surface area contributed by atoms with Gasteiger partial charge in [0.25, 0.3) is 0 Å². The molecule has 1 heterocycles. The summed E-state index contributed by atoms with van der Waals surface area (Å²) in [6, 6.07) is 10.0. The molecule has 0 spiro atoms. The van der Waals surface area contributed by atoms with Crippen molar-refractivity contribution in [3.05, 3.63) is 40.5 Å². The fraction of sp³-hybridized carbons (Fsp3) is 0.438. The molecule has 2 nitrogen and oxygen atoms in total. The van der Waals surface area contributed by atoms with E-state index in [0.717, 1.165) is 40.3 Å². The zero-order chi connectivity index (χ0) is 13.8. The predicted molar refractivity (Wildman–Crippen MR) is 83.1 cm³/mol. The first-order chi connectivity index (χ1) is 9.11. The van der Waals surface area contributed by atoms with Crippen molar-refractivity contribution in [1.29, 1.82) is 0 Å². The Morgan fingerprint density at radius 3 is 2.79 bits per heavy atom. The van der Waals surface area contributed by atoms with Crippen molar-refractivity contribution in [1.82, 2.24) is 4.98 Å². The van der Waals surface area contributed by atoms with Gasteiger partial charge in [-0.2, -0.15) is 0 Å². The normalized spacial score (nSPS) is 14.5. The molecule has 102 valence electrons. The molecule has 0 aliphatic rings. The Balaban J connectivity index is 2.26. The number of hydrogen-bond donors (Lipinski definition) is 1. The molecule has 2 atom stereocenters. The lowest BCUT2D eigenvalue weighted by atomic mass is 9.97. The molecule has 0 aliphatic carbocycles. The molecular formula is C16H20BrNO. The average Bonchev–Trinajstić information content (AvgIpc) is 2.38. The number of pyridine rings is 1. The van der Waals surface area contributed by atoms with E-state index >= 15 is 0 Å². The van der Waals surface area contributed by atoms with Gasteiger partial charge in [0, 0.05) is 9.86 Å². The first-order valence-corrected chi connectivity index (χ1v) is 7.64. The lowest BCUT2D eigenvalue weighted by molar-refractivity contribution is 0.140. The number of benzene rings is 1. The fourth-order valence-corrected chi connectivity index (χ4v) is 3.04. The number of aliphatic hydroxyl groups excluding tert-OH is 1. The van der Waals surface area contributed by atoms with Crippen LogP contribution in [0.5, 0.6) is 0 Å². The Bertz CT molecular complexity index is 555. The molecule has 1 N–H and O–H groups in total. The second-order valence-electron chi connectivity index (χ2n) is 5.19. The van der Waals surface area contributed by atoms with Crippen molar-refractivity contribution in [2.45, 2.75) is 39.2 Å². The smallest absolute Gasteiger partial charge is 0.0974 e. The highest BCUT2D eigenvalue weighted by Crippen LogP contribution is 2.30. The van der Waals surface area contributed by atoms with Gasteiger partial charge in [0.1, 0.15) is 0 Å². The van der Waals surface area contributed by atoms with Crippen LogP contribution in [-0.4, -0.2) is 10.1 Å². The third-order valence-corrected chi connectivity index (χ3v) is 4.06. The van der Waals surface area contributed by atoms with Crippen LogP contribution in [0.1, 0.15) is 44.9 Å². The van der Waals surface area contributed by atoms with Crippen molar-refractivity contribution in [2.24, 2.45) is 5.92 Å².